The molecule has 21 heavy (non-hydrogen) atoms. The minimum atomic E-state index is -0.0586. The summed E-state index contributed by atoms with van der Waals surface area (Å²) in [6, 6.07) is 14.1. The van der Waals surface area contributed by atoms with E-state index in [4.69, 9.17) is 0 Å². The van der Waals surface area contributed by atoms with Crippen molar-refractivity contribution in [1.29, 1.82) is 0 Å². The lowest BCUT2D eigenvalue weighted by molar-refractivity contribution is -0.114. The third-order valence-electron chi connectivity index (χ3n) is 3.40. The Morgan fingerprint density at radius 1 is 1.00 bits per heavy atom. The van der Waals surface area contributed by atoms with Gasteiger partial charge in [-0.05, 0) is 48.2 Å². The van der Waals surface area contributed by atoms with E-state index in [1.165, 1.54) is 23.7 Å². The summed E-state index contributed by atoms with van der Waals surface area (Å²) in [6.45, 7) is 8.01. The zero-order chi connectivity index (χ0) is 15.4. The van der Waals surface area contributed by atoms with Crippen LogP contribution < -0.4 is 10.6 Å². The van der Waals surface area contributed by atoms with Crippen LogP contribution in [0.3, 0.4) is 0 Å². The number of amides is 1. The molecule has 3 heteroatoms. The molecule has 0 atom stereocenters. The van der Waals surface area contributed by atoms with Crippen LogP contribution in [0.25, 0.3) is 0 Å². The Balaban J connectivity index is 2.24. The van der Waals surface area contributed by atoms with Crippen LogP contribution >= 0.6 is 0 Å². The zero-order valence-electron chi connectivity index (χ0n) is 13.0. The van der Waals surface area contributed by atoms with Crippen LogP contribution in [0.5, 0.6) is 0 Å². The van der Waals surface area contributed by atoms with Gasteiger partial charge in [0.05, 0.1) is 0 Å². The maximum absolute atomic E-state index is 11.0. The molecule has 0 spiro atoms. The molecule has 0 aromatic heterocycles. The van der Waals surface area contributed by atoms with Crippen LogP contribution in [0.15, 0.2) is 42.5 Å². The van der Waals surface area contributed by atoms with E-state index in [2.05, 4.69) is 49.6 Å². The van der Waals surface area contributed by atoms with Crippen molar-refractivity contribution in [1.82, 2.24) is 0 Å². The van der Waals surface area contributed by atoms with Gasteiger partial charge in [-0.2, -0.15) is 0 Å². The molecule has 110 valence electrons. The molecule has 2 aromatic rings. The molecule has 0 radical (unpaired) electrons. The minimum Gasteiger partial charge on any atom is -0.355 e. The number of rotatable bonds is 4. The van der Waals surface area contributed by atoms with E-state index in [1.807, 2.05) is 24.3 Å². The van der Waals surface area contributed by atoms with Crippen molar-refractivity contribution in [2.24, 2.45) is 0 Å². The molecule has 0 aliphatic carbocycles. The Hall–Kier alpha value is -2.29. The molecule has 0 saturated heterocycles. The highest BCUT2D eigenvalue weighted by molar-refractivity contribution is 5.88. The van der Waals surface area contributed by atoms with Gasteiger partial charge in [0.2, 0.25) is 5.91 Å². The second-order valence-corrected chi connectivity index (χ2v) is 5.58. The van der Waals surface area contributed by atoms with E-state index < -0.39 is 0 Å². The van der Waals surface area contributed by atoms with E-state index in [-0.39, 0.29) is 5.91 Å². The first-order chi connectivity index (χ1) is 9.97. The normalized spacial score (nSPS) is 10.5. The monoisotopic (exact) mass is 282 g/mol. The van der Waals surface area contributed by atoms with Gasteiger partial charge in [-0.25, -0.2) is 0 Å². The maximum atomic E-state index is 11.0. The Bertz CT molecular complexity index is 630. The van der Waals surface area contributed by atoms with Crippen molar-refractivity contribution in [2.45, 2.75) is 33.6 Å². The second-order valence-electron chi connectivity index (χ2n) is 5.58. The maximum Gasteiger partial charge on any atom is 0.221 e. The van der Waals surface area contributed by atoms with Crippen molar-refractivity contribution in [2.75, 3.05) is 10.6 Å². The third-order valence-corrected chi connectivity index (χ3v) is 3.40. The second kappa shape index (κ2) is 6.44. The van der Waals surface area contributed by atoms with E-state index in [0.717, 1.165) is 11.4 Å². The SMILES string of the molecule is CC(=O)Nc1ccc(Nc2c(C)cccc2C(C)C)cc1. The number of hydrogen-bond donors (Lipinski definition) is 2. The van der Waals surface area contributed by atoms with Crippen molar-refractivity contribution in [3.05, 3.63) is 53.6 Å². The van der Waals surface area contributed by atoms with Gasteiger partial charge in [0.1, 0.15) is 0 Å². The third kappa shape index (κ3) is 3.85. The fourth-order valence-electron chi connectivity index (χ4n) is 2.33. The molecular formula is C18H22N2O. The Labute approximate surface area is 126 Å². The molecule has 0 saturated carbocycles. The summed E-state index contributed by atoms with van der Waals surface area (Å²) in [4.78, 5) is 11.0. The Kier molecular flexibility index (Phi) is 4.63. The molecular weight excluding hydrogens is 260 g/mol. The summed E-state index contributed by atoms with van der Waals surface area (Å²) in [5, 5.41) is 6.26. The van der Waals surface area contributed by atoms with E-state index in [1.54, 1.807) is 0 Å². The van der Waals surface area contributed by atoms with Gasteiger partial charge in [0.25, 0.3) is 0 Å². The lowest BCUT2D eigenvalue weighted by atomic mass is 9.98. The Morgan fingerprint density at radius 3 is 2.19 bits per heavy atom. The molecule has 1 amide bonds. The highest BCUT2D eigenvalue weighted by atomic mass is 16.1. The molecule has 0 unspecified atom stereocenters. The smallest absolute Gasteiger partial charge is 0.221 e. The van der Waals surface area contributed by atoms with Gasteiger partial charge in [-0.3, -0.25) is 4.79 Å². The topological polar surface area (TPSA) is 41.1 Å². The summed E-state index contributed by atoms with van der Waals surface area (Å²) in [5.74, 6) is 0.405. The number of nitrogens with one attached hydrogen (secondary N) is 2. The number of aryl methyl sites for hydroxylation is 1. The standard InChI is InChI=1S/C18H22N2O/c1-12(2)17-7-5-6-13(3)18(17)20-16-10-8-15(9-11-16)19-14(4)21/h5-12,20H,1-4H3,(H,19,21). The van der Waals surface area contributed by atoms with Gasteiger partial charge in [0.15, 0.2) is 0 Å². The number of anilines is 3. The summed E-state index contributed by atoms with van der Waals surface area (Å²) in [5.41, 5.74) is 5.52. The zero-order valence-corrected chi connectivity index (χ0v) is 13.0. The van der Waals surface area contributed by atoms with Crippen LogP contribution in [0.4, 0.5) is 17.1 Å². The lowest BCUT2D eigenvalue weighted by Crippen LogP contribution is -2.05. The summed E-state index contributed by atoms with van der Waals surface area (Å²) < 4.78 is 0. The minimum absolute atomic E-state index is 0.0586. The quantitative estimate of drug-likeness (QED) is 0.844. The van der Waals surface area contributed by atoms with Crippen LogP contribution in [0.2, 0.25) is 0 Å². The molecule has 2 N–H and O–H groups in total. The molecule has 0 aliphatic heterocycles. The van der Waals surface area contributed by atoms with Crippen molar-refractivity contribution < 1.29 is 4.79 Å². The summed E-state index contributed by atoms with van der Waals surface area (Å²) >= 11 is 0. The number of carbonyl (C=O) groups excluding carboxylic acids is 1. The van der Waals surface area contributed by atoms with E-state index >= 15 is 0 Å². The molecule has 0 aliphatic rings. The first-order valence-electron chi connectivity index (χ1n) is 7.21. The molecule has 2 rings (SSSR count). The Morgan fingerprint density at radius 2 is 1.62 bits per heavy atom. The first-order valence-corrected chi connectivity index (χ1v) is 7.21. The predicted molar refractivity (Wildman–Crippen MR) is 89.3 cm³/mol. The lowest BCUT2D eigenvalue weighted by Gasteiger charge is -2.17. The van der Waals surface area contributed by atoms with Crippen LogP contribution in [0, 0.1) is 6.92 Å². The molecule has 0 bridgehead atoms. The number of carbonyl (C=O) groups is 1. The first kappa shape index (κ1) is 15.1. The number of para-hydroxylation sites is 1. The largest absolute Gasteiger partial charge is 0.355 e. The fraction of sp³-hybridized carbons (Fsp3) is 0.278. The fourth-order valence-corrected chi connectivity index (χ4v) is 2.33. The summed E-state index contributed by atoms with van der Waals surface area (Å²) in [6.07, 6.45) is 0. The van der Waals surface area contributed by atoms with Crippen molar-refractivity contribution >= 4 is 23.0 Å². The average Bonchev–Trinajstić information content (AvgIpc) is 2.42. The van der Waals surface area contributed by atoms with Crippen LogP contribution in [-0.2, 0) is 4.79 Å². The van der Waals surface area contributed by atoms with Crippen molar-refractivity contribution in [3.63, 3.8) is 0 Å². The molecule has 3 nitrogen and oxygen atoms in total. The van der Waals surface area contributed by atoms with Gasteiger partial charge in [-0.15, -0.1) is 0 Å². The molecule has 2 aromatic carbocycles. The van der Waals surface area contributed by atoms with Gasteiger partial charge in [0, 0.05) is 24.0 Å². The van der Waals surface area contributed by atoms with E-state index in [0.29, 0.717) is 5.92 Å². The summed E-state index contributed by atoms with van der Waals surface area (Å²) in [7, 11) is 0. The van der Waals surface area contributed by atoms with Crippen LogP contribution in [-0.4, -0.2) is 5.91 Å². The molecule has 0 heterocycles. The highest BCUT2D eigenvalue weighted by Gasteiger charge is 2.09. The van der Waals surface area contributed by atoms with Gasteiger partial charge < -0.3 is 10.6 Å². The van der Waals surface area contributed by atoms with Gasteiger partial charge >= 0.3 is 0 Å². The number of hydrogen-bond acceptors (Lipinski definition) is 2. The average molecular weight is 282 g/mol. The van der Waals surface area contributed by atoms with E-state index in [9.17, 15) is 4.79 Å². The van der Waals surface area contributed by atoms with Crippen molar-refractivity contribution in [3.8, 4) is 0 Å². The predicted octanol–water partition coefficient (Wildman–Crippen LogP) is 4.82. The molecule has 0 fully saturated rings. The number of benzene rings is 2. The van der Waals surface area contributed by atoms with Gasteiger partial charge in [-0.1, -0.05) is 32.0 Å². The van der Waals surface area contributed by atoms with Crippen LogP contribution in [0.1, 0.15) is 37.8 Å². The highest BCUT2D eigenvalue weighted by Crippen LogP contribution is 2.30.